The molecule has 0 fully saturated rings. The molecule has 0 spiro atoms. The first kappa shape index (κ1) is 15.5. The van der Waals surface area contributed by atoms with E-state index in [1.165, 1.54) is 27.6 Å². The molecular weight excluding hydrogens is 286 g/mol. The van der Waals surface area contributed by atoms with Gasteiger partial charge in [-0.3, -0.25) is 0 Å². The molecule has 2 aromatic rings. The Morgan fingerprint density at radius 2 is 2.10 bits per heavy atom. The summed E-state index contributed by atoms with van der Waals surface area (Å²) in [6.07, 6.45) is 0. The molecule has 0 amide bonds. The van der Waals surface area contributed by atoms with Crippen LogP contribution in [0.5, 0.6) is 0 Å². The van der Waals surface area contributed by atoms with Gasteiger partial charge in [-0.1, -0.05) is 37.7 Å². The summed E-state index contributed by atoms with van der Waals surface area (Å²) in [6.45, 7) is 10.5. The third kappa shape index (κ3) is 4.58. The number of nitrogens with zero attached hydrogens (tertiary/aromatic N) is 2. The maximum atomic E-state index is 4.40. The zero-order chi connectivity index (χ0) is 14.5. The third-order valence-electron chi connectivity index (χ3n) is 2.83. The Labute approximate surface area is 129 Å². The molecule has 0 saturated heterocycles. The molecule has 5 heteroatoms. The smallest absolute Gasteiger partial charge is 0.174 e. The fourth-order valence-corrected chi connectivity index (χ4v) is 3.53. The number of hydrogen-bond acceptors (Lipinski definition) is 5. The minimum Gasteiger partial charge on any atom is -0.312 e. The van der Waals surface area contributed by atoms with Crippen molar-refractivity contribution in [2.45, 2.75) is 43.5 Å². The summed E-state index contributed by atoms with van der Waals surface area (Å²) in [6, 6.07) is 6.63. The lowest BCUT2D eigenvalue weighted by molar-refractivity contribution is 0.552. The quantitative estimate of drug-likeness (QED) is 0.873. The maximum absolute atomic E-state index is 4.40. The molecule has 0 aliphatic rings. The third-order valence-corrected chi connectivity index (χ3v) is 4.85. The number of benzene rings is 1. The first-order valence-corrected chi connectivity index (χ1v) is 8.42. The van der Waals surface area contributed by atoms with Crippen molar-refractivity contribution in [2.24, 2.45) is 5.92 Å². The standard InChI is InChI=1S/C15H21N3S2/c1-10(2)8-16-9-13-5-6-14(11(3)7-13)19-15-17-12(4)18-20-15/h5-7,10,16H,8-9H2,1-4H3. The summed E-state index contributed by atoms with van der Waals surface area (Å²) in [5.41, 5.74) is 2.63. The molecule has 2 rings (SSSR count). The highest BCUT2D eigenvalue weighted by Crippen LogP contribution is 2.31. The molecule has 0 unspecified atom stereocenters. The number of nitrogens with one attached hydrogen (secondary N) is 1. The first-order chi connectivity index (χ1) is 9.54. The Kier molecular flexibility index (Phi) is 5.57. The first-order valence-electron chi connectivity index (χ1n) is 6.83. The molecule has 0 radical (unpaired) electrons. The monoisotopic (exact) mass is 307 g/mol. The SMILES string of the molecule is Cc1nsc(Sc2ccc(CNCC(C)C)cc2C)n1. The Hall–Kier alpha value is -0.910. The average molecular weight is 307 g/mol. The number of hydrogen-bond donors (Lipinski definition) is 1. The van der Waals surface area contributed by atoms with E-state index in [1.807, 2.05) is 6.92 Å². The normalized spacial score (nSPS) is 11.2. The summed E-state index contributed by atoms with van der Waals surface area (Å²) in [4.78, 5) is 5.65. The molecule has 1 N–H and O–H groups in total. The van der Waals surface area contributed by atoms with Gasteiger partial charge in [-0.2, -0.15) is 4.37 Å². The van der Waals surface area contributed by atoms with E-state index in [-0.39, 0.29) is 0 Å². The fourth-order valence-electron chi connectivity index (χ4n) is 1.85. The van der Waals surface area contributed by atoms with Gasteiger partial charge in [-0.25, -0.2) is 4.98 Å². The zero-order valence-electron chi connectivity index (χ0n) is 12.4. The molecule has 20 heavy (non-hydrogen) atoms. The Bertz CT molecular complexity index is 564. The van der Waals surface area contributed by atoms with Crippen LogP contribution in [0, 0.1) is 19.8 Å². The highest BCUT2D eigenvalue weighted by molar-refractivity contribution is 8.01. The fraction of sp³-hybridized carbons (Fsp3) is 0.467. The van der Waals surface area contributed by atoms with Gasteiger partial charge in [-0.05, 0) is 55.0 Å². The van der Waals surface area contributed by atoms with Crippen LogP contribution < -0.4 is 5.32 Å². The van der Waals surface area contributed by atoms with Gasteiger partial charge in [0.2, 0.25) is 0 Å². The van der Waals surface area contributed by atoms with Gasteiger partial charge in [-0.15, -0.1) is 0 Å². The Morgan fingerprint density at radius 1 is 1.30 bits per heavy atom. The van der Waals surface area contributed by atoms with E-state index < -0.39 is 0 Å². The molecule has 1 heterocycles. The van der Waals surface area contributed by atoms with E-state index in [2.05, 4.69) is 53.6 Å². The molecule has 1 aromatic heterocycles. The van der Waals surface area contributed by atoms with Crippen LogP contribution in [0.15, 0.2) is 27.4 Å². The van der Waals surface area contributed by atoms with Crippen LogP contribution in [0.4, 0.5) is 0 Å². The van der Waals surface area contributed by atoms with Crippen molar-refractivity contribution in [3.8, 4) is 0 Å². The molecule has 0 atom stereocenters. The topological polar surface area (TPSA) is 37.8 Å². The van der Waals surface area contributed by atoms with Crippen molar-refractivity contribution >= 4 is 23.3 Å². The van der Waals surface area contributed by atoms with Crippen molar-refractivity contribution in [1.29, 1.82) is 0 Å². The summed E-state index contributed by atoms with van der Waals surface area (Å²) in [5, 5.41) is 3.47. The number of aromatic nitrogens is 2. The molecule has 0 bridgehead atoms. The van der Waals surface area contributed by atoms with Crippen LogP contribution in [0.1, 0.15) is 30.8 Å². The molecule has 0 aliphatic heterocycles. The number of aryl methyl sites for hydroxylation is 2. The highest BCUT2D eigenvalue weighted by atomic mass is 32.2. The summed E-state index contributed by atoms with van der Waals surface area (Å²) >= 11 is 3.16. The predicted molar refractivity (Wildman–Crippen MR) is 86.5 cm³/mol. The summed E-state index contributed by atoms with van der Waals surface area (Å²) in [5.74, 6) is 1.54. The molecule has 108 valence electrons. The van der Waals surface area contributed by atoms with Crippen molar-refractivity contribution in [3.05, 3.63) is 35.2 Å². The van der Waals surface area contributed by atoms with Gasteiger partial charge in [0.15, 0.2) is 4.34 Å². The minimum atomic E-state index is 0.687. The van der Waals surface area contributed by atoms with E-state index in [1.54, 1.807) is 11.8 Å². The summed E-state index contributed by atoms with van der Waals surface area (Å²) in [7, 11) is 0. The second-order valence-electron chi connectivity index (χ2n) is 5.33. The van der Waals surface area contributed by atoms with Crippen LogP contribution in [0.3, 0.4) is 0 Å². The van der Waals surface area contributed by atoms with E-state index in [0.29, 0.717) is 5.92 Å². The van der Waals surface area contributed by atoms with Gasteiger partial charge >= 0.3 is 0 Å². The van der Waals surface area contributed by atoms with E-state index >= 15 is 0 Å². The van der Waals surface area contributed by atoms with Crippen molar-refractivity contribution in [3.63, 3.8) is 0 Å². The minimum absolute atomic E-state index is 0.687. The Morgan fingerprint density at radius 3 is 2.70 bits per heavy atom. The van der Waals surface area contributed by atoms with Gasteiger partial charge in [0.25, 0.3) is 0 Å². The zero-order valence-corrected chi connectivity index (χ0v) is 14.1. The van der Waals surface area contributed by atoms with E-state index in [0.717, 1.165) is 23.3 Å². The second kappa shape index (κ2) is 7.20. The van der Waals surface area contributed by atoms with Gasteiger partial charge in [0, 0.05) is 11.4 Å². The average Bonchev–Trinajstić information content (AvgIpc) is 2.78. The van der Waals surface area contributed by atoms with Crippen molar-refractivity contribution < 1.29 is 0 Å². The van der Waals surface area contributed by atoms with Crippen molar-refractivity contribution in [1.82, 2.24) is 14.7 Å². The molecule has 0 saturated carbocycles. The van der Waals surface area contributed by atoms with Crippen LogP contribution in [-0.2, 0) is 6.54 Å². The second-order valence-corrected chi connectivity index (χ2v) is 7.38. The molecule has 3 nitrogen and oxygen atoms in total. The van der Waals surface area contributed by atoms with Crippen LogP contribution in [0.25, 0.3) is 0 Å². The molecule has 1 aromatic carbocycles. The summed E-state index contributed by atoms with van der Waals surface area (Å²) < 4.78 is 5.23. The van der Waals surface area contributed by atoms with E-state index in [9.17, 15) is 0 Å². The lowest BCUT2D eigenvalue weighted by atomic mass is 10.1. The Balaban J connectivity index is 1.98. The van der Waals surface area contributed by atoms with Gasteiger partial charge in [0.1, 0.15) is 5.82 Å². The number of rotatable bonds is 6. The van der Waals surface area contributed by atoms with Crippen molar-refractivity contribution in [2.75, 3.05) is 6.54 Å². The van der Waals surface area contributed by atoms with Crippen LogP contribution in [-0.4, -0.2) is 15.9 Å². The molecule has 0 aliphatic carbocycles. The van der Waals surface area contributed by atoms with Gasteiger partial charge < -0.3 is 5.32 Å². The van der Waals surface area contributed by atoms with Gasteiger partial charge in [0.05, 0.1) is 0 Å². The van der Waals surface area contributed by atoms with Crippen LogP contribution >= 0.6 is 23.3 Å². The predicted octanol–water partition coefficient (Wildman–Crippen LogP) is 4.05. The maximum Gasteiger partial charge on any atom is 0.174 e. The lowest BCUT2D eigenvalue weighted by Gasteiger charge is -2.09. The van der Waals surface area contributed by atoms with E-state index in [4.69, 9.17) is 0 Å². The lowest BCUT2D eigenvalue weighted by Crippen LogP contribution is -2.18. The molecular formula is C15H21N3S2. The highest BCUT2D eigenvalue weighted by Gasteiger charge is 2.06. The largest absolute Gasteiger partial charge is 0.312 e. The van der Waals surface area contributed by atoms with Crippen LogP contribution in [0.2, 0.25) is 0 Å².